The molecule has 1 fully saturated rings. The summed E-state index contributed by atoms with van der Waals surface area (Å²) in [6.45, 7) is 6.33. The molecule has 1 aromatic heterocycles. The van der Waals surface area contributed by atoms with Crippen LogP contribution in [0.4, 0.5) is 11.4 Å². The fourth-order valence-corrected chi connectivity index (χ4v) is 5.26. The molecule has 0 saturated carbocycles. The molecule has 7 nitrogen and oxygen atoms in total. The van der Waals surface area contributed by atoms with Crippen LogP contribution in [0.15, 0.2) is 36.7 Å². The van der Waals surface area contributed by atoms with Crippen molar-refractivity contribution in [3.8, 4) is 0 Å². The molecule has 1 unspecified atom stereocenters. The van der Waals surface area contributed by atoms with E-state index in [-0.39, 0.29) is 11.9 Å². The number of halogens is 1. The molecule has 3 rings (SSSR count). The number of anilines is 2. The lowest BCUT2D eigenvalue weighted by Crippen LogP contribution is -2.39. The first kappa shape index (κ1) is 23.5. The van der Waals surface area contributed by atoms with Gasteiger partial charge in [-0.25, -0.2) is 8.42 Å². The van der Waals surface area contributed by atoms with Crippen molar-refractivity contribution >= 4 is 38.9 Å². The molecule has 0 radical (unpaired) electrons. The highest BCUT2D eigenvalue weighted by molar-refractivity contribution is 7.89. The lowest BCUT2D eigenvalue weighted by molar-refractivity contribution is 0.102. The minimum atomic E-state index is -3.27. The third-order valence-corrected chi connectivity index (χ3v) is 8.19. The van der Waals surface area contributed by atoms with E-state index in [4.69, 9.17) is 11.6 Å². The maximum atomic E-state index is 12.8. The highest BCUT2D eigenvalue weighted by Crippen LogP contribution is 2.26. The number of pyridine rings is 1. The first-order chi connectivity index (χ1) is 14.6. The number of nitrogens with zero attached hydrogens (tertiary/aromatic N) is 3. The molecule has 1 saturated heterocycles. The van der Waals surface area contributed by atoms with Crippen LogP contribution in [-0.2, 0) is 16.4 Å². The van der Waals surface area contributed by atoms with Crippen LogP contribution in [-0.4, -0.2) is 55.0 Å². The molecule has 1 aromatic carbocycles. The van der Waals surface area contributed by atoms with Gasteiger partial charge >= 0.3 is 0 Å². The fraction of sp³-hybridized carbons (Fsp3) is 0.455. The molecule has 2 heterocycles. The Morgan fingerprint density at radius 1 is 1.32 bits per heavy atom. The van der Waals surface area contributed by atoms with Crippen LogP contribution in [0, 0.1) is 0 Å². The second kappa shape index (κ2) is 9.54. The van der Waals surface area contributed by atoms with Gasteiger partial charge in [0.25, 0.3) is 5.91 Å². The Kier molecular flexibility index (Phi) is 7.24. The molecule has 1 amide bonds. The Bertz CT molecular complexity index is 1060. The Morgan fingerprint density at radius 3 is 2.74 bits per heavy atom. The maximum absolute atomic E-state index is 12.8. The number of carbonyl (C=O) groups is 1. The number of aryl methyl sites for hydroxylation is 1. The summed E-state index contributed by atoms with van der Waals surface area (Å²) in [7, 11) is -1.34. The molecular formula is C22H29ClN4O3S. The summed E-state index contributed by atoms with van der Waals surface area (Å²) in [5.41, 5.74) is 2.86. The number of sulfonamides is 1. The van der Waals surface area contributed by atoms with Crippen LogP contribution in [0.5, 0.6) is 0 Å². The van der Waals surface area contributed by atoms with Crippen LogP contribution in [0.25, 0.3) is 0 Å². The SMILES string of the molecule is CCc1cc(Cl)ccc1C(=O)Nc1cncc(N(C)C2CCN(S(=O)(=O)C(C)C)C2)c1. The van der Waals surface area contributed by atoms with Crippen molar-refractivity contribution < 1.29 is 13.2 Å². The molecule has 1 N–H and O–H groups in total. The Hall–Kier alpha value is -2.16. The van der Waals surface area contributed by atoms with Crippen molar-refractivity contribution in [2.45, 2.75) is 44.9 Å². The molecule has 1 atom stereocenters. The largest absolute Gasteiger partial charge is 0.369 e. The van der Waals surface area contributed by atoms with Gasteiger partial charge < -0.3 is 10.2 Å². The molecular weight excluding hydrogens is 436 g/mol. The average molecular weight is 465 g/mol. The molecule has 0 spiro atoms. The second-order valence-electron chi connectivity index (χ2n) is 8.05. The smallest absolute Gasteiger partial charge is 0.255 e. The van der Waals surface area contributed by atoms with Crippen LogP contribution in [0.3, 0.4) is 0 Å². The van der Waals surface area contributed by atoms with Gasteiger partial charge in [-0.2, -0.15) is 4.31 Å². The number of aromatic nitrogens is 1. The molecule has 0 bridgehead atoms. The first-order valence-electron chi connectivity index (χ1n) is 10.4. The molecule has 168 valence electrons. The zero-order chi connectivity index (χ0) is 22.8. The number of carbonyl (C=O) groups excluding carboxylic acids is 1. The third kappa shape index (κ3) is 5.19. The van der Waals surface area contributed by atoms with Gasteiger partial charge in [-0.05, 0) is 56.5 Å². The summed E-state index contributed by atoms with van der Waals surface area (Å²) in [6.07, 6.45) is 4.75. The van der Waals surface area contributed by atoms with Gasteiger partial charge in [0.2, 0.25) is 10.0 Å². The zero-order valence-electron chi connectivity index (χ0n) is 18.3. The average Bonchev–Trinajstić information content (AvgIpc) is 3.24. The van der Waals surface area contributed by atoms with Crippen LogP contribution < -0.4 is 10.2 Å². The Labute approximate surface area is 189 Å². The van der Waals surface area contributed by atoms with E-state index >= 15 is 0 Å². The van der Waals surface area contributed by atoms with E-state index in [2.05, 4.69) is 10.3 Å². The summed E-state index contributed by atoms with van der Waals surface area (Å²) in [4.78, 5) is 19.1. The van der Waals surface area contributed by atoms with Crippen molar-refractivity contribution in [3.05, 3.63) is 52.8 Å². The number of hydrogen-bond donors (Lipinski definition) is 1. The Morgan fingerprint density at radius 2 is 2.06 bits per heavy atom. The van der Waals surface area contributed by atoms with Crippen molar-refractivity contribution in [1.82, 2.24) is 9.29 Å². The van der Waals surface area contributed by atoms with Crippen LogP contribution in [0.1, 0.15) is 43.1 Å². The molecule has 1 aliphatic rings. The van der Waals surface area contributed by atoms with Crippen LogP contribution in [0.2, 0.25) is 5.02 Å². The molecule has 9 heteroatoms. The van der Waals surface area contributed by atoms with E-state index in [0.717, 1.165) is 17.7 Å². The minimum Gasteiger partial charge on any atom is -0.369 e. The first-order valence-corrected chi connectivity index (χ1v) is 12.3. The van der Waals surface area contributed by atoms with E-state index in [1.165, 1.54) is 0 Å². The lowest BCUT2D eigenvalue weighted by Gasteiger charge is -2.27. The van der Waals surface area contributed by atoms with Gasteiger partial charge in [-0.3, -0.25) is 9.78 Å². The van der Waals surface area contributed by atoms with Crippen molar-refractivity contribution in [2.75, 3.05) is 30.4 Å². The monoisotopic (exact) mass is 464 g/mol. The number of benzene rings is 1. The molecule has 31 heavy (non-hydrogen) atoms. The van der Waals surface area contributed by atoms with E-state index in [1.807, 2.05) is 24.9 Å². The summed E-state index contributed by atoms with van der Waals surface area (Å²) < 4.78 is 26.5. The Balaban J connectivity index is 1.73. The van der Waals surface area contributed by atoms with E-state index < -0.39 is 15.3 Å². The highest BCUT2D eigenvalue weighted by atomic mass is 35.5. The second-order valence-corrected chi connectivity index (χ2v) is 11.0. The molecule has 1 aliphatic heterocycles. The minimum absolute atomic E-state index is 0.0456. The third-order valence-electron chi connectivity index (χ3n) is 5.71. The molecule has 0 aliphatic carbocycles. The zero-order valence-corrected chi connectivity index (χ0v) is 19.9. The van der Waals surface area contributed by atoms with Gasteiger partial charge in [0.05, 0.1) is 29.0 Å². The van der Waals surface area contributed by atoms with Crippen molar-refractivity contribution in [3.63, 3.8) is 0 Å². The van der Waals surface area contributed by atoms with Crippen LogP contribution >= 0.6 is 11.6 Å². The number of amides is 1. The normalized spacial score (nSPS) is 17.2. The van der Waals surface area contributed by atoms with E-state index in [0.29, 0.717) is 35.8 Å². The summed E-state index contributed by atoms with van der Waals surface area (Å²) in [6, 6.07) is 7.13. The van der Waals surface area contributed by atoms with Crippen molar-refractivity contribution in [2.24, 2.45) is 0 Å². The van der Waals surface area contributed by atoms with Gasteiger partial charge in [0.15, 0.2) is 0 Å². The van der Waals surface area contributed by atoms with Gasteiger partial charge in [0.1, 0.15) is 0 Å². The van der Waals surface area contributed by atoms with E-state index in [9.17, 15) is 13.2 Å². The predicted molar refractivity (Wildman–Crippen MR) is 125 cm³/mol. The number of nitrogens with one attached hydrogen (secondary N) is 1. The van der Waals surface area contributed by atoms with Gasteiger partial charge in [0, 0.05) is 36.8 Å². The topological polar surface area (TPSA) is 82.6 Å². The summed E-state index contributed by atoms with van der Waals surface area (Å²) in [5.74, 6) is -0.217. The van der Waals surface area contributed by atoms with E-state index in [1.54, 1.807) is 48.7 Å². The standard InChI is InChI=1S/C22H29ClN4O3S/c1-5-16-10-17(23)6-7-21(16)22(28)25-18-11-20(13-24-12-18)26(4)19-8-9-27(14-19)31(29,30)15(2)3/h6-7,10-13,15,19H,5,8-9,14H2,1-4H3,(H,25,28). The maximum Gasteiger partial charge on any atom is 0.255 e. The summed E-state index contributed by atoms with van der Waals surface area (Å²) in [5, 5.41) is 3.08. The van der Waals surface area contributed by atoms with Gasteiger partial charge in [-0.1, -0.05) is 18.5 Å². The molecule has 2 aromatic rings. The number of hydrogen-bond acceptors (Lipinski definition) is 5. The lowest BCUT2D eigenvalue weighted by atomic mass is 10.0. The highest BCUT2D eigenvalue weighted by Gasteiger charge is 2.35. The summed E-state index contributed by atoms with van der Waals surface area (Å²) >= 11 is 6.05. The quantitative estimate of drug-likeness (QED) is 0.673. The van der Waals surface area contributed by atoms with Gasteiger partial charge in [-0.15, -0.1) is 0 Å². The number of rotatable bonds is 7. The predicted octanol–water partition coefficient (Wildman–Crippen LogP) is 3.80. The van der Waals surface area contributed by atoms with Crippen molar-refractivity contribution in [1.29, 1.82) is 0 Å². The number of likely N-dealkylation sites (N-methyl/N-ethyl adjacent to an activating group) is 1. The fourth-order valence-electron chi connectivity index (χ4n) is 3.73.